The van der Waals surface area contributed by atoms with E-state index in [0.717, 1.165) is 12.1 Å². The number of nitrogens with one attached hydrogen (secondary N) is 1. The van der Waals surface area contributed by atoms with Crippen LogP contribution in [0.5, 0.6) is 0 Å². The molecule has 0 aromatic heterocycles. The summed E-state index contributed by atoms with van der Waals surface area (Å²) in [6.45, 7) is 0.678. The Morgan fingerprint density at radius 3 is 2.37 bits per heavy atom. The van der Waals surface area contributed by atoms with E-state index >= 15 is 0 Å². The number of nitrogens with zero attached hydrogens (tertiary/aromatic N) is 1. The summed E-state index contributed by atoms with van der Waals surface area (Å²) in [6.07, 6.45) is -4.12. The summed E-state index contributed by atoms with van der Waals surface area (Å²) < 4.78 is 50.7. The third-order valence-corrected chi connectivity index (χ3v) is 2.77. The number of hydrazine groups is 1. The van der Waals surface area contributed by atoms with Crippen molar-refractivity contribution in [3.05, 3.63) is 35.1 Å². The molecule has 1 unspecified atom stereocenters. The van der Waals surface area contributed by atoms with E-state index in [4.69, 9.17) is 5.84 Å². The SMILES string of the molecule is CN(C)CCC(NN)c1ccc(C(F)(F)F)c(F)c1. The molecule has 0 saturated carbocycles. The van der Waals surface area contributed by atoms with E-state index in [1.165, 1.54) is 6.07 Å². The topological polar surface area (TPSA) is 41.3 Å². The lowest BCUT2D eigenvalue weighted by molar-refractivity contribution is -0.140. The zero-order chi connectivity index (χ0) is 14.6. The summed E-state index contributed by atoms with van der Waals surface area (Å²) in [7, 11) is 3.72. The maximum Gasteiger partial charge on any atom is 0.419 e. The molecule has 1 aromatic rings. The van der Waals surface area contributed by atoms with Gasteiger partial charge in [0.15, 0.2) is 0 Å². The molecule has 0 aliphatic heterocycles. The molecule has 1 aromatic carbocycles. The first kappa shape index (κ1) is 15.9. The average Bonchev–Trinajstić information content (AvgIpc) is 2.27. The molecule has 0 aliphatic carbocycles. The maximum atomic E-state index is 13.4. The normalized spacial score (nSPS) is 13.9. The minimum absolute atomic E-state index is 0.390. The predicted octanol–water partition coefficient (Wildman–Crippen LogP) is 2.30. The first-order chi connectivity index (χ1) is 8.75. The van der Waals surface area contributed by atoms with Crippen molar-refractivity contribution in [2.45, 2.75) is 18.6 Å². The van der Waals surface area contributed by atoms with E-state index in [-0.39, 0.29) is 6.04 Å². The molecule has 0 fully saturated rings. The minimum atomic E-state index is -4.68. The fourth-order valence-corrected chi connectivity index (χ4v) is 1.71. The Labute approximate surface area is 109 Å². The number of alkyl halides is 3. The van der Waals surface area contributed by atoms with E-state index < -0.39 is 17.6 Å². The number of nitrogens with two attached hydrogens (primary N) is 1. The van der Waals surface area contributed by atoms with Crippen LogP contribution < -0.4 is 11.3 Å². The zero-order valence-corrected chi connectivity index (χ0v) is 10.8. The van der Waals surface area contributed by atoms with E-state index in [1.807, 2.05) is 19.0 Å². The summed E-state index contributed by atoms with van der Waals surface area (Å²) >= 11 is 0. The molecule has 1 atom stereocenters. The Morgan fingerprint density at radius 2 is 1.95 bits per heavy atom. The molecule has 0 aliphatic rings. The number of halogens is 4. The van der Waals surface area contributed by atoms with Gasteiger partial charge in [-0.05, 0) is 44.8 Å². The largest absolute Gasteiger partial charge is 0.419 e. The molecule has 7 heteroatoms. The number of hydrogen-bond acceptors (Lipinski definition) is 3. The summed E-state index contributed by atoms with van der Waals surface area (Å²) in [5.41, 5.74) is 1.62. The molecular weight excluding hydrogens is 262 g/mol. The van der Waals surface area contributed by atoms with Crippen LogP contribution >= 0.6 is 0 Å². The van der Waals surface area contributed by atoms with Crippen LogP contribution in [-0.2, 0) is 6.18 Å². The average molecular weight is 279 g/mol. The second-order valence-electron chi connectivity index (χ2n) is 4.55. The van der Waals surface area contributed by atoms with Crippen molar-refractivity contribution >= 4 is 0 Å². The Bertz CT molecular complexity index is 418. The van der Waals surface area contributed by atoms with Crippen molar-refractivity contribution in [1.82, 2.24) is 10.3 Å². The van der Waals surface area contributed by atoms with Gasteiger partial charge < -0.3 is 4.90 Å². The van der Waals surface area contributed by atoms with E-state index in [2.05, 4.69) is 5.43 Å². The lowest BCUT2D eigenvalue weighted by Gasteiger charge is -2.19. The molecule has 3 nitrogen and oxygen atoms in total. The van der Waals surface area contributed by atoms with Gasteiger partial charge in [0.2, 0.25) is 0 Å². The number of rotatable bonds is 5. The van der Waals surface area contributed by atoms with Gasteiger partial charge in [-0.1, -0.05) is 6.07 Å². The maximum absolute atomic E-state index is 13.4. The molecule has 19 heavy (non-hydrogen) atoms. The summed E-state index contributed by atoms with van der Waals surface area (Å²) in [4.78, 5) is 1.91. The second kappa shape index (κ2) is 6.31. The van der Waals surface area contributed by atoms with Crippen LogP contribution in [0.3, 0.4) is 0 Å². The standard InChI is InChI=1S/C12H17F4N3/c1-19(2)6-5-11(18-17)8-3-4-9(10(13)7-8)12(14,15)16/h3-4,7,11,18H,5-6,17H2,1-2H3. The molecule has 0 bridgehead atoms. The molecule has 0 saturated heterocycles. The highest BCUT2D eigenvalue weighted by molar-refractivity contribution is 5.28. The molecule has 0 amide bonds. The third-order valence-electron chi connectivity index (χ3n) is 2.77. The highest BCUT2D eigenvalue weighted by Gasteiger charge is 2.34. The van der Waals surface area contributed by atoms with Crippen molar-refractivity contribution in [2.75, 3.05) is 20.6 Å². The highest BCUT2D eigenvalue weighted by atomic mass is 19.4. The highest BCUT2D eigenvalue weighted by Crippen LogP contribution is 2.32. The predicted molar refractivity (Wildman–Crippen MR) is 64.6 cm³/mol. The van der Waals surface area contributed by atoms with Gasteiger partial charge in [0.25, 0.3) is 0 Å². The molecule has 108 valence electrons. The molecular formula is C12H17F4N3. The van der Waals surface area contributed by atoms with Gasteiger partial charge in [0.1, 0.15) is 5.82 Å². The third kappa shape index (κ3) is 4.45. The smallest absolute Gasteiger partial charge is 0.309 e. The first-order valence-electron chi connectivity index (χ1n) is 5.73. The van der Waals surface area contributed by atoms with Gasteiger partial charge in [-0.25, -0.2) is 4.39 Å². The zero-order valence-electron chi connectivity index (χ0n) is 10.8. The number of benzene rings is 1. The Balaban J connectivity index is 2.92. The van der Waals surface area contributed by atoms with Crippen LogP contribution in [0, 0.1) is 5.82 Å². The van der Waals surface area contributed by atoms with Crippen LogP contribution in [0.25, 0.3) is 0 Å². The van der Waals surface area contributed by atoms with Crippen molar-refractivity contribution < 1.29 is 17.6 Å². The fraction of sp³-hybridized carbons (Fsp3) is 0.500. The van der Waals surface area contributed by atoms with Crippen molar-refractivity contribution in [3.63, 3.8) is 0 Å². The second-order valence-corrected chi connectivity index (χ2v) is 4.55. The van der Waals surface area contributed by atoms with Crippen molar-refractivity contribution in [3.8, 4) is 0 Å². The van der Waals surface area contributed by atoms with Crippen molar-refractivity contribution in [1.29, 1.82) is 0 Å². The van der Waals surface area contributed by atoms with Gasteiger partial charge in [-0.3, -0.25) is 11.3 Å². The molecule has 1 rings (SSSR count). The first-order valence-corrected chi connectivity index (χ1v) is 5.73. The quantitative estimate of drug-likeness (QED) is 0.493. The van der Waals surface area contributed by atoms with Crippen LogP contribution in [0.2, 0.25) is 0 Å². The monoisotopic (exact) mass is 279 g/mol. The molecule has 0 radical (unpaired) electrons. The summed E-state index contributed by atoms with van der Waals surface area (Å²) in [5.74, 6) is 4.07. The van der Waals surface area contributed by atoms with Crippen LogP contribution in [-0.4, -0.2) is 25.5 Å². The fourth-order valence-electron chi connectivity index (χ4n) is 1.71. The Hall–Kier alpha value is -1.18. The van der Waals surface area contributed by atoms with Crippen LogP contribution in [0.1, 0.15) is 23.6 Å². The van der Waals surface area contributed by atoms with E-state index in [0.29, 0.717) is 18.5 Å². The van der Waals surface area contributed by atoms with Crippen LogP contribution in [0.4, 0.5) is 17.6 Å². The number of hydrogen-bond donors (Lipinski definition) is 2. The van der Waals surface area contributed by atoms with Gasteiger partial charge in [0, 0.05) is 6.04 Å². The molecule has 0 heterocycles. The summed E-state index contributed by atoms with van der Waals surface area (Å²) in [6, 6.07) is 2.47. The van der Waals surface area contributed by atoms with Gasteiger partial charge >= 0.3 is 6.18 Å². The molecule has 3 N–H and O–H groups in total. The van der Waals surface area contributed by atoms with E-state index in [9.17, 15) is 17.6 Å². The molecule has 0 spiro atoms. The van der Waals surface area contributed by atoms with E-state index in [1.54, 1.807) is 0 Å². The van der Waals surface area contributed by atoms with Gasteiger partial charge in [0.05, 0.1) is 5.56 Å². The van der Waals surface area contributed by atoms with Crippen molar-refractivity contribution in [2.24, 2.45) is 5.84 Å². The summed E-state index contributed by atoms with van der Waals surface area (Å²) in [5, 5.41) is 0. The minimum Gasteiger partial charge on any atom is -0.309 e. The lowest BCUT2D eigenvalue weighted by Crippen LogP contribution is -2.31. The Morgan fingerprint density at radius 1 is 1.32 bits per heavy atom. The van der Waals surface area contributed by atoms with Gasteiger partial charge in [-0.15, -0.1) is 0 Å². The Kier molecular flexibility index (Phi) is 5.28. The van der Waals surface area contributed by atoms with Gasteiger partial charge in [-0.2, -0.15) is 13.2 Å². The van der Waals surface area contributed by atoms with Crippen LogP contribution in [0.15, 0.2) is 18.2 Å². The lowest BCUT2D eigenvalue weighted by atomic mass is 10.0.